The molecule has 10 nitrogen and oxygen atoms in total. The summed E-state index contributed by atoms with van der Waals surface area (Å²) in [5.74, 6) is -2.88. The molecule has 0 radical (unpaired) electrons. The van der Waals surface area contributed by atoms with Gasteiger partial charge in [0, 0.05) is 38.3 Å². The molecule has 1 saturated heterocycles. The number of methoxy groups -OCH3 is 2. The average molecular weight is 538 g/mol. The van der Waals surface area contributed by atoms with Crippen LogP contribution in [0.4, 0.5) is 8.78 Å². The Balaban J connectivity index is 1.63. The van der Waals surface area contributed by atoms with Crippen molar-refractivity contribution in [3.8, 4) is 34.6 Å². The molecule has 12 heteroatoms. The van der Waals surface area contributed by atoms with Gasteiger partial charge in [0.05, 0.1) is 14.2 Å². The maximum Gasteiger partial charge on any atom is 0.275 e. The molecule has 0 saturated carbocycles. The Kier molecular flexibility index (Phi) is 6.77. The Hall–Kier alpha value is -4.74. The Morgan fingerprint density at radius 1 is 1.10 bits per heavy atom. The number of benzene rings is 2. The first-order valence-corrected chi connectivity index (χ1v) is 12.0. The molecule has 5 rings (SSSR count). The van der Waals surface area contributed by atoms with Gasteiger partial charge in [-0.3, -0.25) is 18.8 Å². The molecule has 4 aromatic rings. The summed E-state index contributed by atoms with van der Waals surface area (Å²) in [6.45, 7) is 0.263. The molecule has 0 spiro atoms. The third kappa shape index (κ3) is 4.58. The van der Waals surface area contributed by atoms with E-state index in [9.17, 15) is 23.5 Å². The highest BCUT2D eigenvalue weighted by Gasteiger charge is 2.34. The molecule has 1 aliphatic rings. The van der Waals surface area contributed by atoms with Gasteiger partial charge in [0.25, 0.3) is 11.5 Å². The molecular formula is C27H25F2N5O5. The highest BCUT2D eigenvalue weighted by atomic mass is 19.1. The van der Waals surface area contributed by atoms with Crippen LogP contribution in [0.15, 0.2) is 53.5 Å². The van der Waals surface area contributed by atoms with E-state index in [4.69, 9.17) is 9.47 Å². The molecule has 39 heavy (non-hydrogen) atoms. The third-order valence-corrected chi connectivity index (χ3v) is 6.72. The summed E-state index contributed by atoms with van der Waals surface area (Å²) in [4.78, 5) is 33.2. The summed E-state index contributed by atoms with van der Waals surface area (Å²) >= 11 is 0. The lowest BCUT2D eigenvalue weighted by molar-refractivity contribution is 0.0784. The molecule has 1 amide bonds. The number of aromatic nitrogens is 4. The fraction of sp³-hybridized carbons (Fsp3) is 0.259. The van der Waals surface area contributed by atoms with Gasteiger partial charge in [-0.05, 0) is 36.2 Å². The number of halogens is 2. The van der Waals surface area contributed by atoms with Crippen molar-refractivity contribution in [2.45, 2.75) is 12.3 Å². The maximum atomic E-state index is 14.4. The number of carbonyl (C=O) groups excluding carboxylic acids is 1. The monoisotopic (exact) mass is 537 g/mol. The number of nitrogens with zero attached hydrogens (tertiary/aromatic N) is 5. The lowest BCUT2D eigenvalue weighted by Crippen LogP contribution is -2.36. The smallest absolute Gasteiger partial charge is 0.275 e. The van der Waals surface area contributed by atoms with Crippen LogP contribution in [0.25, 0.3) is 17.2 Å². The van der Waals surface area contributed by atoms with Crippen molar-refractivity contribution >= 4 is 5.91 Å². The SMILES string of the molecule is COc1cccc(OC)c1-n1c(-c2ccn(C)n2)nc(O)c(C(=O)N2CCC(c3ccc(F)cc3F)C2)c1=O. The molecule has 1 N–H and O–H groups in total. The number of carbonyl (C=O) groups is 1. The summed E-state index contributed by atoms with van der Waals surface area (Å²) in [6.07, 6.45) is 2.03. The van der Waals surface area contributed by atoms with Crippen molar-refractivity contribution in [1.29, 1.82) is 0 Å². The molecule has 2 aromatic carbocycles. The molecule has 1 atom stereocenters. The zero-order valence-corrected chi connectivity index (χ0v) is 21.4. The lowest BCUT2D eigenvalue weighted by atomic mass is 9.98. The molecule has 1 aliphatic heterocycles. The Morgan fingerprint density at radius 2 is 1.82 bits per heavy atom. The number of likely N-dealkylation sites (tertiary alicyclic amines) is 1. The molecule has 202 valence electrons. The van der Waals surface area contributed by atoms with Crippen molar-refractivity contribution in [2.24, 2.45) is 7.05 Å². The van der Waals surface area contributed by atoms with E-state index in [-0.39, 0.29) is 47.4 Å². The predicted molar refractivity (Wildman–Crippen MR) is 136 cm³/mol. The van der Waals surface area contributed by atoms with Gasteiger partial charge < -0.3 is 19.5 Å². The Labute approximate surface area is 221 Å². The van der Waals surface area contributed by atoms with Gasteiger partial charge >= 0.3 is 0 Å². The zero-order valence-electron chi connectivity index (χ0n) is 21.4. The van der Waals surface area contributed by atoms with E-state index in [0.717, 1.165) is 16.7 Å². The van der Waals surface area contributed by atoms with E-state index < -0.39 is 40.5 Å². The number of hydrogen-bond acceptors (Lipinski definition) is 7. The standard InChI is InChI=1S/C27H25F2N5O5/c1-32-11-10-19(31-32)24-30-25(35)22(27(37)34(24)23-20(38-2)5-4-6-21(23)39-3)26(36)33-12-9-15(14-33)17-8-7-16(28)13-18(17)29/h4-8,10-11,13,15,35H,9,12,14H2,1-3H3. The largest absolute Gasteiger partial charge is 0.494 e. The van der Waals surface area contributed by atoms with Crippen molar-refractivity contribution in [2.75, 3.05) is 27.3 Å². The third-order valence-electron chi connectivity index (χ3n) is 6.72. The number of ether oxygens (including phenoxy) is 2. The number of hydrogen-bond donors (Lipinski definition) is 1. The molecule has 1 fully saturated rings. The van der Waals surface area contributed by atoms with Gasteiger partial charge in [-0.2, -0.15) is 10.1 Å². The lowest BCUT2D eigenvalue weighted by Gasteiger charge is -2.21. The minimum absolute atomic E-state index is 0.0369. The average Bonchev–Trinajstić information content (AvgIpc) is 3.57. The highest BCUT2D eigenvalue weighted by molar-refractivity contribution is 5.96. The van der Waals surface area contributed by atoms with Gasteiger partial charge in [0.1, 0.15) is 34.5 Å². The van der Waals surface area contributed by atoms with E-state index in [2.05, 4.69) is 10.1 Å². The minimum Gasteiger partial charge on any atom is -0.494 e. The van der Waals surface area contributed by atoms with Crippen molar-refractivity contribution < 1.29 is 28.2 Å². The van der Waals surface area contributed by atoms with Crippen LogP contribution in [-0.4, -0.2) is 62.6 Å². The fourth-order valence-electron chi connectivity index (χ4n) is 4.85. The number of aryl methyl sites for hydroxylation is 1. The van der Waals surface area contributed by atoms with Crippen molar-refractivity contribution in [1.82, 2.24) is 24.2 Å². The zero-order chi connectivity index (χ0) is 27.8. The van der Waals surface area contributed by atoms with Crippen LogP contribution in [0.5, 0.6) is 17.4 Å². The summed E-state index contributed by atoms with van der Waals surface area (Å²) < 4.78 is 41.4. The quantitative estimate of drug-likeness (QED) is 0.402. The first-order valence-electron chi connectivity index (χ1n) is 12.0. The predicted octanol–water partition coefficient (Wildman–Crippen LogP) is 3.26. The molecule has 0 aliphatic carbocycles. The van der Waals surface area contributed by atoms with E-state index in [1.54, 1.807) is 37.5 Å². The summed E-state index contributed by atoms with van der Waals surface area (Å²) in [6, 6.07) is 9.81. The number of aromatic hydroxyl groups is 1. The van der Waals surface area contributed by atoms with Gasteiger partial charge in [0.2, 0.25) is 5.88 Å². The van der Waals surface area contributed by atoms with E-state index in [0.29, 0.717) is 6.42 Å². The maximum absolute atomic E-state index is 14.4. The van der Waals surface area contributed by atoms with Crippen LogP contribution in [0.3, 0.4) is 0 Å². The number of amides is 1. The van der Waals surface area contributed by atoms with Crippen LogP contribution >= 0.6 is 0 Å². The van der Waals surface area contributed by atoms with Gasteiger partial charge in [-0.15, -0.1) is 0 Å². The van der Waals surface area contributed by atoms with Crippen molar-refractivity contribution in [3.05, 3.63) is 81.8 Å². The molecule has 1 unspecified atom stereocenters. The Morgan fingerprint density at radius 3 is 2.44 bits per heavy atom. The van der Waals surface area contributed by atoms with Gasteiger partial charge in [0.15, 0.2) is 11.4 Å². The fourth-order valence-corrected chi connectivity index (χ4v) is 4.85. The second kappa shape index (κ2) is 10.2. The summed E-state index contributed by atoms with van der Waals surface area (Å²) in [5.41, 5.74) is -0.738. The highest BCUT2D eigenvalue weighted by Crippen LogP contribution is 2.35. The van der Waals surface area contributed by atoms with E-state index >= 15 is 0 Å². The second-order valence-electron chi connectivity index (χ2n) is 9.06. The summed E-state index contributed by atoms with van der Waals surface area (Å²) in [7, 11) is 4.52. The first kappa shape index (κ1) is 25.9. The summed E-state index contributed by atoms with van der Waals surface area (Å²) in [5, 5.41) is 15.2. The number of rotatable bonds is 6. The van der Waals surface area contributed by atoms with Crippen LogP contribution in [0.1, 0.15) is 28.3 Å². The van der Waals surface area contributed by atoms with Crippen LogP contribution in [0, 0.1) is 11.6 Å². The molecule has 0 bridgehead atoms. The van der Waals surface area contributed by atoms with Gasteiger partial charge in [-0.1, -0.05) is 12.1 Å². The minimum atomic E-state index is -0.868. The first-order chi connectivity index (χ1) is 18.7. The van der Waals surface area contributed by atoms with Gasteiger partial charge in [-0.25, -0.2) is 8.78 Å². The van der Waals surface area contributed by atoms with Crippen LogP contribution < -0.4 is 15.0 Å². The molecular weight excluding hydrogens is 512 g/mol. The van der Waals surface area contributed by atoms with E-state index in [1.165, 1.54) is 29.9 Å². The molecule has 3 heterocycles. The van der Waals surface area contributed by atoms with Crippen molar-refractivity contribution in [3.63, 3.8) is 0 Å². The number of para-hydroxylation sites is 1. The second-order valence-corrected chi connectivity index (χ2v) is 9.06. The topological polar surface area (TPSA) is 112 Å². The van der Waals surface area contributed by atoms with Crippen LogP contribution in [-0.2, 0) is 7.05 Å². The van der Waals surface area contributed by atoms with E-state index in [1.807, 2.05) is 0 Å². The molecule has 2 aromatic heterocycles. The van der Waals surface area contributed by atoms with Crippen LogP contribution in [0.2, 0.25) is 0 Å². The Bertz CT molecular complexity index is 1610. The normalized spacial score (nSPS) is 15.0.